The van der Waals surface area contributed by atoms with E-state index in [4.69, 9.17) is 5.11 Å². The molecule has 0 bridgehead atoms. The molecule has 0 saturated heterocycles. The summed E-state index contributed by atoms with van der Waals surface area (Å²) in [6.45, 7) is 0. The molecule has 1 rings (SSSR count). The zero-order valence-electron chi connectivity index (χ0n) is 8.84. The van der Waals surface area contributed by atoms with Crippen LogP contribution in [0.2, 0.25) is 0 Å². The summed E-state index contributed by atoms with van der Waals surface area (Å²) in [6, 6.07) is 0. The van der Waals surface area contributed by atoms with E-state index < -0.39 is 46.7 Å². The highest BCUT2D eigenvalue weighted by atomic mass is 79.9. The summed E-state index contributed by atoms with van der Waals surface area (Å²) >= 11 is 2.57. The van der Waals surface area contributed by atoms with Gasteiger partial charge < -0.3 is 9.84 Å². The van der Waals surface area contributed by atoms with Gasteiger partial charge in [0, 0.05) is 11.8 Å². The predicted octanol–water partition coefficient (Wildman–Crippen LogP) is 3.31. The first-order chi connectivity index (χ1) is 8.61. The van der Waals surface area contributed by atoms with Gasteiger partial charge in [-0.1, -0.05) is 0 Å². The van der Waals surface area contributed by atoms with Crippen LogP contribution in [0.4, 0.5) is 22.0 Å². The number of hydrogen-bond donors (Lipinski definition) is 1. The fourth-order valence-electron chi connectivity index (χ4n) is 1.24. The molecule has 0 unspecified atom stereocenters. The number of aliphatic carboxylic acids is 1. The molecule has 0 aromatic carbocycles. The fourth-order valence-corrected chi connectivity index (χ4v) is 1.70. The minimum Gasteiger partial charge on any atom is -0.481 e. The molecule has 1 heterocycles. The molecular weight excluding hydrogens is 345 g/mol. The van der Waals surface area contributed by atoms with Crippen molar-refractivity contribution in [1.82, 2.24) is 4.98 Å². The maximum absolute atomic E-state index is 12.7. The van der Waals surface area contributed by atoms with Crippen LogP contribution in [0, 0.1) is 0 Å². The van der Waals surface area contributed by atoms with Crippen molar-refractivity contribution in [3.05, 3.63) is 21.9 Å². The van der Waals surface area contributed by atoms with Crippen molar-refractivity contribution >= 4 is 21.9 Å². The Balaban J connectivity index is 3.39. The second-order valence-electron chi connectivity index (χ2n) is 3.24. The number of alkyl halides is 5. The van der Waals surface area contributed by atoms with E-state index >= 15 is 0 Å². The molecule has 0 aliphatic heterocycles. The molecular formula is C9H5BrF5NO3. The average Bonchev–Trinajstić information content (AvgIpc) is 2.18. The number of halogens is 6. The maximum atomic E-state index is 12.7. The second-order valence-corrected chi connectivity index (χ2v) is 3.99. The zero-order valence-corrected chi connectivity index (χ0v) is 10.4. The first-order valence-electron chi connectivity index (χ1n) is 4.54. The lowest BCUT2D eigenvalue weighted by atomic mass is 10.1. The normalized spacial score (nSPS) is 11.7. The lowest BCUT2D eigenvalue weighted by Gasteiger charge is -2.16. The lowest BCUT2D eigenvalue weighted by molar-refractivity contribution is -0.275. The van der Waals surface area contributed by atoms with Crippen molar-refractivity contribution in [2.24, 2.45) is 0 Å². The third-order valence-electron chi connectivity index (χ3n) is 1.87. The fraction of sp³-hybridized carbons (Fsp3) is 0.333. The van der Waals surface area contributed by atoms with Gasteiger partial charge in [-0.15, -0.1) is 13.2 Å². The Morgan fingerprint density at radius 3 is 2.47 bits per heavy atom. The number of ether oxygens (including phenoxy) is 1. The molecule has 0 aliphatic carbocycles. The molecule has 0 atom stereocenters. The van der Waals surface area contributed by atoms with Gasteiger partial charge in [-0.3, -0.25) is 4.79 Å². The molecule has 19 heavy (non-hydrogen) atoms. The number of aromatic nitrogens is 1. The monoisotopic (exact) mass is 349 g/mol. The number of carboxylic acid groups (broad SMARTS) is 1. The average molecular weight is 350 g/mol. The number of carbonyl (C=O) groups is 1. The lowest BCUT2D eigenvalue weighted by Crippen LogP contribution is -2.20. The second kappa shape index (κ2) is 5.68. The van der Waals surface area contributed by atoms with Crippen LogP contribution in [-0.4, -0.2) is 22.4 Å². The van der Waals surface area contributed by atoms with Crippen LogP contribution in [-0.2, 0) is 11.2 Å². The van der Waals surface area contributed by atoms with E-state index in [1.165, 1.54) is 0 Å². The van der Waals surface area contributed by atoms with Crippen molar-refractivity contribution < 1.29 is 36.6 Å². The highest BCUT2D eigenvalue weighted by Crippen LogP contribution is 2.39. The quantitative estimate of drug-likeness (QED) is 0.669. The maximum Gasteiger partial charge on any atom is 0.573 e. The predicted molar refractivity (Wildman–Crippen MR) is 54.9 cm³/mol. The smallest absolute Gasteiger partial charge is 0.481 e. The van der Waals surface area contributed by atoms with E-state index in [-0.39, 0.29) is 0 Å². The van der Waals surface area contributed by atoms with Gasteiger partial charge in [-0.2, -0.15) is 0 Å². The van der Waals surface area contributed by atoms with E-state index in [9.17, 15) is 26.7 Å². The molecule has 1 N–H and O–H groups in total. The number of pyridine rings is 1. The van der Waals surface area contributed by atoms with Crippen molar-refractivity contribution in [3.63, 3.8) is 0 Å². The highest BCUT2D eigenvalue weighted by molar-refractivity contribution is 9.10. The Bertz CT molecular complexity index is 491. The van der Waals surface area contributed by atoms with Gasteiger partial charge in [0.15, 0.2) is 0 Å². The Morgan fingerprint density at radius 2 is 2.05 bits per heavy atom. The number of nitrogens with zero attached hydrogens (tertiary/aromatic N) is 1. The summed E-state index contributed by atoms with van der Waals surface area (Å²) in [6.07, 6.45) is -8.73. The first-order valence-corrected chi connectivity index (χ1v) is 5.34. The van der Waals surface area contributed by atoms with Crippen molar-refractivity contribution in [2.45, 2.75) is 19.2 Å². The number of rotatable bonds is 4. The molecule has 106 valence electrons. The van der Waals surface area contributed by atoms with E-state index in [1.54, 1.807) is 0 Å². The zero-order chi connectivity index (χ0) is 14.8. The summed E-state index contributed by atoms with van der Waals surface area (Å²) in [5.41, 5.74) is -1.74. The van der Waals surface area contributed by atoms with E-state index in [0.717, 1.165) is 6.20 Å². The van der Waals surface area contributed by atoms with Gasteiger partial charge in [0.05, 0.1) is 12.0 Å². The first kappa shape index (κ1) is 15.6. The molecule has 1 aromatic rings. The Labute approximate surface area is 111 Å². The van der Waals surface area contributed by atoms with Crippen LogP contribution in [0.3, 0.4) is 0 Å². The van der Waals surface area contributed by atoms with Crippen LogP contribution < -0.4 is 4.74 Å². The van der Waals surface area contributed by atoms with E-state index in [1.807, 2.05) is 0 Å². The molecule has 0 spiro atoms. The van der Waals surface area contributed by atoms with Gasteiger partial charge in [-0.05, 0) is 15.9 Å². The molecule has 1 aromatic heterocycles. The highest BCUT2D eigenvalue weighted by Gasteiger charge is 2.36. The topological polar surface area (TPSA) is 59.4 Å². The summed E-state index contributed by atoms with van der Waals surface area (Å²) in [5.74, 6) is -2.75. The van der Waals surface area contributed by atoms with Crippen LogP contribution in [0.15, 0.2) is 10.8 Å². The third kappa shape index (κ3) is 4.30. The van der Waals surface area contributed by atoms with Gasteiger partial charge >= 0.3 is 12.3 Å². The van der Waals surface area contributed by atoms with Crippen LogP contribution in [0.1, 0.15) is 17.6 Å². The Hall–Kier alpha value is -1.45. The van der Waals surface area contributed by atoms with Crippen LogP contribution in [0.25, 0.3) is 0 Å². The number of hydrogen-bond acceptors (Lipinski definition) is 3. The molecule has 0 aliphatic rings. The van der Waals surface area contributed by atoms with Crippen molar-refractivity contribution in [3.8, 4) is 5.75 Å². The minimum absolute atomic E-state index is 0.545. The standard InChI is InChI=1S/C9H5BrF5NO3/c10-7-5(8(11)12)6(19-9(13,14)15)3(2-16-7)1-4(17)18/h2,8H,1H2,(H,17,18). The Morgan fingerprint density at radius 1 is 1.47 bits per heavy atom. The molecule has 0 saturated carbocycles. The summed E-state index contributed by atoms with van der Waals surface area (Å²) in [5, 5.41) is 8.52. The van der Waals surface area contributed by atoms with Crippen molar-refractivity contribution in [1.29, 1.82) is 0 Å². The largest absolute Gasteiger partial charge is 0.573 e. The van der Waals surface area contributed by atoms with Gasteiger partial charge in [0.25, 0.3) is 6.43 Å². The summed E-state index contributed by atoms with van der Waals surface area (Å²) in [7, 11) is 0. The molecule has 10 heteroatoms. The Kier molecular flexibility index (Phi) is 4.66. The summed E-state index contributed by atoms with van der Waals surface area (Å²) in [4.78, 5) is 13.9. The van der Waals surface area contributed by atoms with Gasteiger partial charge in [0.1, 0.15) is 10.4 Å². The van der Waals surface area contributed by atoms with Crippen LogP contribution >= 0.6 is 15.9 Å². The van der Waals surface area contributed by atoms with Crippen LogP contribution in [0.5, 0.6) is 5.75 Å². The molecule has 0 amide bonds. The minimum atomic E-state index is -5.22. The molecule has 4 nitrogen and oxygen atoms in total. The summed E-state index contributed by atoms with van der Waals surface area (Å²) < 4.78 is 64.9. The van der Waals surface area contributed by atoms with Crippen molar-refractivity contribution in [2.75, 3.05) is 0 Å². The van der Waals surface area contributed by atoms with E-state index in [0.29, 0.717) is 0 Å². The third-order valence-corrected chi connectivity index (χ3v) is 2.50. The van der Waals surface area contributed by atoms with E-state index in [2.05, 4.69) is 25.7 Å². The number of carboxylic acids is 1. The molecule has 0 fully saturated rings. The van der Waals surface area contributed by atoms with Gasteiger partial charge in [-0.25, -0.2) is 13.8 Å². The molecule has 0 radical (unpaired) electrons. The van der Waals surface area contributed by atoms with Gasteiger partial charge in [0.2, 0.25) is 0 Å². The SMILES string of the molecule is O=C(O)Cc1cnc(Br)c(C(F)F)c1OC(F)(F)F.